The number of hydrogen-bond donors (Lipinski definition) is 0. The fraction of sp³-hybridized carbons (Fsp3) is 0.391. The van der Waals surface area contributed by atoms with E-state index in [1.807, 2.05) is 66.1 Å². The van der Waals surface area contributed by atoms with Crippen LogP contribution in [0.15, 0.2) is 54.6 Å². The number of amides is 2. The molecule has 2 aromatic rings. The molecule has 0 saturated carbocycles. The number of carbonyl (C=O) groups excluding carboxylic acids is 2. The maximum absolute atomic E-state index is 12.9. The third kappa shape index (κ3) is 4.76. The molecule has 1 heterocycles. The van der Waals surface area contributed by atoms with Crippen LogP contribution in [0, 0.1) is 12.8 Å². The first-order valence-electron chi connectivity index (χ1n) is 9.77. The van der Waals surface area contributed by atoms with Crippen molar-refractivity contribution < 1.29 is 9.59 Å². The van der Waals surface area contributed by atoms with Crippen LogP contribution in [-0.4, -0.2) is 41.2 Å². The van der Waals surface area contributed by atoms with Gasteiger partial charge >= 0.3 is 0 Å². The van der Waals surface area contributed by atoms with Crippen LogP contribution in [0.3, 0.4) is 0 Å². The Hall–Kier alpha value is -2.62. The molecule has 0 N–H and O–H groups in total. The van der Waals surface area contributed by atoms with Crippen molar-refractivity contribution in [1.82, 2.24) is 9.80 Å². The van der Waals surface area contributed by atoms with E-state index in [1.165, 1.54) is 0 Å². The first kappa shape index (κ1) is 19.2. The molecule has 1 fully saturated rings. The van der Waals surface area contributed by atoms with Gasteiger partial charge in [0.15, 0.2) is 0 Å². The maximum Gasteiger partial charge on any atom is 0.253 e. The van der Waals surface area contributed by atoms with E-state index in [2.05, 4.69) is 12.1 Å². The number of benzene rings is 2. The molecule has 0 atom stereocenters. The third-order valence-corrected chi connectivity index (χ3v) is 5.34. The summed E-state index contributed by atoms with van der Waals surface area (Å²) in [5.41, 5.74) is 3.03. The van der Waals surface area contributed by atoms with Gasteiger partial charge in [-0.25, -0.2) is 0 Å². The summed E-state index contributed by atoms with van der Waals surface area (Å²) in [6.07, 6.45) is 1.48. The van der Waals surface area contributed by atoms with Crippen molar-refractivity contribution in [2.24, 2.45) is 5.92 Å². The van der Waals surface area contributed by atoms with Crippen molar-refractivity contribution in [2.75, 3.05) is 19.6 Å². The summed E-state index contributed by atoms with van der Waals surface area (Å²) in [7, 11) is 0. The molecule has 3 rings (SSSR count). The summed E-state index contributed by atoms with van der Waals surface area (Å²) in [6.45, 7) is 6.68. The van der Waals surface area contributed by atoms with Crippen LogP contribution in [0.5, 0.6) is 0 Å². The summed E-state index contributed by atoms with van der Waals surface area (Å²) in [4.78, 5) is 29.4. The van der Waals surface area contributed by atoms with Crippen LogP contribution in [-0.2, 0) is 11.3 Å². The molecule has 0 aliphatic carbocycles. The highest BCUT2D eigenvalue weighted by atomic mass is 16.2. The second-order valence-electron chi connectivity index (χ2n) is 7.27. The molecular weight excluding hydrogens is 336 g/mol. The van der Waals surface area contributed by atoms with E-state index in [0.717, 1.165) is 29.5 Å². The van der Waals surface area contributed by atoms with Crippen molar-refractivity contribution in [2.45, 2.75) is 33.2 Å². The molecule has 2 amide bonds. The number of aryl methyl sites for hydroxylation is 1. The summed E-state index contributed by atoms with van der Waals surface area (Å²) < 4.78 is 0. The number of rotatable bonds is 5. The topological polar surface area (TPSA) is 40.6 Å². The van der Waals surface area contributed by atoms with Crippen LogP contribution in [0.4, 0.5) is 0 Å². The van der Waals surface area contributed by atoms with Gasteiger partial charge in [-0.05, 0) is 44.4 Å². The van der Waals surface area contributed by atoms with Gasteiger partial charge in [-0.3, -0.25) is 9.59 Å². The number of likely N-dealkylation sites (tertiary alicyclic amines) is 1. The first-order chi connectivity index (χ1) is 13.1. The molecule has 0 spiro atoms. The van der Waals surface area contributed by atoms with Crippen LogP contribution in [0.2, 0.25) is 0 Å². The Labute approximate surface area is 161 Å². The highest BCUT2D eigenvalue weighted by molar-refractivity contribution is 5.94. The Morgan fingerprint density at radius 3 is 2.22 bits per heavy atom. The van der Waals surface area contributed by atoms with E-state index in [0.29, 0.717) is 26.2 Å². The van der Waals surface area contributed by atoms with Crippen LogP contribution < -0.4 is 0 Å². The Bertz CT molecular complexity index is 763. The van der Waals surface area contributed by atoms with Gasteiger partial charge < -0.3 is 9.80 Å². The number of carbonyl (C=O) groups is 2. The van der Waals surface area contributed by atoms with E-state index in [9.17, 15) is 9.59 Å². The zero-order valence-corrected chi connectivity index (χ0v) is 16.2. The molecule has 1 saturated heterocycles. The van der Waals surface area contributed by atoms with Gasteiger partial charge in [-0.1, -0.05) is 48.0 Å². The normalized spacial score (nSPS) is 14.8. The van der Waals surface area contributed by atoms with Gasteiger partial charge in [-0.2, -0.15) is 0 Å². The molecule has 2 aromatic carbocycles. The molecule has 0 radical (unpaired) electrons. The molecule has 27 heavy (non-hydrogen) atoms. The molecule has 4 nitrogen and oxygen atoms in total. The molecule has 142 valence electrons. The fourth-order valence-electron chi connectivity index (χ4n) is 3.62. The molecular formula is C23H28N2O2. The lowest BCUT2D eigenvalue weighted by Gasteiger charge is -2.34. The molecule has 4 heteroatoms. The minimum Gasteiger partial charge on any atom is -0.339 e. The average molecular weight is 364 g/mol. The average Bonchev–Trinajstić information content (AvgIpc) is 2.72. The van der Waals surface area contributed by atoms with Crippen molar-refractivity contribution in [3.63, 3.8) is 0 Å². The Morgan fingerprint density at radius 1 is 1.00 bits per heavy atom. The minimum atomic E-state index is 0.00994. The van der Waals surface area contributed by atoms with E-state index in [-0.39, 0.29) is 17.7 Å². The largest absolute Gasteiger partial charge is 0.339 e. The maximum atomic E-state index is 12.9. The van der Waals surface area contributed by atoms with Crippen LogP contribution in [0.1, 0.15) is 41.3 Å². The number of hydrogen-bond acceptors (Lipinski definition) is 2. The van der Waals surface area contributed by atoms with Gasteiger partial charge in [0.1, 0.15) is 0 Å². The highest BCUT2D eigenvalue weighted by Crippen LogP contribution is 2.22. The SMILES string of the molecule is CCN(Cc1ccccc1)C(=O)C1CCN(C(=O)c2ccc(C)cc2)CC1. The predicted octanol–water partition coefficient (Wildman–Crippen LogP) is 3.90. The van der Waals surface area contributed by atoms with Gasteiger partial charge in [-0.15, -0.1) is 0 Å². The minimum absolute atomic E-state index is 0.00994. The first-order valence-corrected chi connectivity index (χ1v) is 9.77. The fourth-order valence-corrected chi connectivity index (χ4v) is 3.62. The Kier molecular flexibility index (Phi) is 6.28. The summed E-state index contributed by atoms with van der Waals surface area (Å²) in [5, 5.41) is 0. The summed E-state index contributed by atoms with van der Waals surface area (Å²) >= 11 is 0. The van der Waals surface area contributed by atoms with E-state index in [4.69, 9.17) is 0 Å². The van der Waals surface area contributed by atoms with E-state index >= 15 is 0 Å². The van der Waals surface area contributed by atoms with E-state index < -0.39 is 0 Å². The summed E-state index contributed by atoms with van der Waals surface area (Å²) in [5.74, 6) is 0.289. The zero-order chi connectivity index (χ0) is 19.2. The zero-order valence-electron chi connectivity index (χ0n) is 16.2. The highest BCUT2D eigenvalue weighted by Gasteiger charge is 2.30. The molecule has 0 bridgehead atoms. The second-order valence-corrected chi connectivity index (χ2v) is 7.27. The monoisotopic (exact) mass is 364 g/mol. The van der Waals surface area contributed by atoms with Gasteiger partial charge in [0.2, 0.25) is 5.91 Å². The molecule has 1 aliphatic heterocycles. The number of piperidine rings is 1. The number of nitrogens with zero attached hydrogens (tertiary/aromatic N) is 2. The third-order valence-electron chi connectivity index (χ3n) is 5.34. The lowest BCUT2D eigenvalue weighted by Crippen LogP contribution is -2.44. The van der Waals surface area contributed by atoms with Crippen molar-refractivity contribution in [3.05, 3.63) is 71.3 Å². The van der Waals surface area contributed by atoms with Crippen LogP contribution in [0.25, 0.3) is 0 Å². The van der Waals surface area contributed by atoms with Crippen molar-refractivity contribution in [1.29, 1.82) is 0 Å². The van der Waals surface area contributed by atoms with Crippen LogP contribution >= 0.6 is 0 Å². The smallest absolute Gasteiger partial charge is 0.253 e. The predicted molar refractivity (Wildman–Crippen MR) is 107 cm³/mol. The lowest BCUT2D eigenvalue weighted by molar-refractivity contribution is -0.137. The Balaban J connectivity index is 1.56. The lowest BCUT2D eigenvalue weighted by atomic mass is 9.94. The van der Waals surface area contributed by atoms with Crippen molar-refractivity contribution in [3.8, 4) is 0 Å². The molecule has 0 aromatic heterocycles. The molecule has 0 unspecified atom stereocenters. The quantitative estimate of drug-likeness (QED) is 0.807. The second kappa shape index (κ2) is 8.85. The Morgan fingerprint density at radius 2 is 1.63 bits per heavy atom. The van der Waals surface area contributed by atoms with Gasteiger partial charge in [0, 0.05) is 37.7 Å². The van der Waals surface area contributed by atoms with Gasteiger partial charge in [0.25, 0.3) is 5.91 Å². The molecule has 1 aliphatic rings. The summed E-state index contributed by atoms with van der Waals surface area (Å²) in [6, 6.07) is 17.8. The standard InChI is InChI=1S/C23H28N2O2/c1-3-24(17-19-7-5-4-6-8-19)22(26)21-13-15-25(16-14-21)23(27)20-11-9-18(2)10-12-20/h4-12,21H,3,13-17H2,1-2H3. The van der Waals surface area contributed by atoms with Crippen molar-refractivity contribution >= 4 is 11.8 Å². The van der Waals surface area contributed by atoms with E-state index in [1.54, 1.807) is 0 Å². The van der Waals surface area contributed by atoms with Gasteiger partial charge in [0.05, 0.1) is 0 Å².